The molecule has 0 radical (unpaired) electrons. The Bertz CT molecular complexity index is 471. The fraction of sp³-hybridized carbons (Fsp3) is 0.0909. The van der Waals surface area contributed by atoms with Gasteiger partial charge in [0.15, 0.2) is 0 Å². The minimum atomic E-state index is 1.03. The van der Waals surface area contributed by atoms with Crippen molar-refractivity contribution >= 4 is 17.0 Å². The highest BCUT2D eigenvalue weighted by atomic mass is 16.4. The van der Waals surface area contributed by atoms with Gasteiger partial charge in [-0.25, -0.2) is 5.90 Å². The number of nitrogens with two attached hydrogens (primary N) is 1. The van der Waals surface area contributed by atoms with Gasteiger partial charge in [-0.3, -0.25) is 0 Å². The van der Waals surface area contributed by atoms with Crippen LogP contribution in [0.4, 0.5) is 0 Å². The van der Waals surface area contributed by atoms with Gasteiger partial charge in [-0.2, -0.15) is 0 Å². The fourth-order valence-corrected chi connectivity index (χ4v) is 1.85. The van der Waals surface area contributed by atoms with E-state index in [1.165, 1.54) is 16.6 Å². The molecule has 14 heavy (non-hydrogen) atoms. The number of rotatable bonds is 0. The Morgan fingerprint density at radius 2 is 2.00 bits per heavy atom. The third-order valence-corrected chi connectivity index (χ3v) is 2.42. The SMILES string of the molecule is C1=Cc2cc3ccccc3n2C1.NO. The standard InChI is InChI=1S/C11H9N.H3NO/c1-2-6-11-9(4-1)8-10-5-3-7-12(10)11;1-2/h1-6,8H,7H2;2H,1H2. The van der Waals surface area contributed by atoms with Crippen LogP contribution in [0.1, 0.15) is 5.69 Å². The number of hydrogen-bond acceptors (Lipinski definition) is 2. The molecule has 2 aromatic rings. The Labute approximate surface area is 82.0 Å². The van der Waals surface area contributed by atoms with Crippen molar-refractivity contribution in [3.63, 3.8) is 0 Å². The average Bonchev–Trinajstić information content (AvgIpc) is 2.80. The first-order chi connectivity index (χ1) is 6.95. The van der Waals surface area contributed by atoms with Gasteiger partial charge in [0.2, 0.25) is 0 Å². The quantitative estimate of drug-likeness (QED) is 0.621. The molecular weight excluding hydrogens is 176 g/mol. The topological polar surface area (TPSA) is 51.2 Å². The van der Waals surface area contributed by atoms with E-state index in [1.54, 1.807) is 0 Å². The van der Waals surface area contributed by atoms with E-state index in [9.17, 15) is 0 Å². The molecule has 1 aliphatic heterocycles. The van der Waals surface area contributed by atoms with E-state index in [2.05, 4.69) is 52.9 Å². The molecule has 1 aliphatic rings. The van der Waals surface area contributed by atoms with Gasteiger partial charge in [-0.15, -0.1) is 0 Å². The molecular formula is C11H12N2O. The first-order valence-electron chi connectivity index (χ1n) is 4.46. The largest absolute Gasteiger partial charge is 0.337 e. The summed E-state index contributed by atoms with van der Waals surface area (Å²) >= 11 is 0. The van der Waals surface area contributed by atoms with Gasteiger partial charge in [-0.1, -0.05) is 24.3 Å². The molecule has 3 rings (SSSR count). The summed E-state index contributed by atoms with van der Waals surface area (Å²) in [5, 5.41) is 7.84. The van der Waals surface area contributed by atoms with Gasteiger partial charge in [-0.05, 0) is 18.2 Å². The van der Waals surface area contributed by atoms with E-state index >= 15 is 0 Å². The average molecular weight is 188 g/mol. The highest BCUT2D eigenvalue weighted by Gasteiger charge is 2.07. The molecule has 0 atom stereocenters. The zero-order valence-electron chi connectivity index (χ0n) is 7.72. The Kier molecular flexibility index (Phi) is 2.35. The van der Waals surface area contributed by atoms with Crippen LogP contribution in [0.15, 0.2) is 36.4 Å². The predicted octanol–water partition coefficient (Wildman–Crippen LogP) is 2.00. The lowest BCUT2D eigenvalue weighted by Crippen LogP contribution is -1.90. The fourth-order valence-electron chi connectivity index (χ4n) is 1.85. The van der Waals surface area contributed by atoms with Crippen molar-refractivity contribution in [1.82, 2.24) is 4.57 Å². The second-order valence-corrected chi connectivity index (χ2v) is 3.14. The maximum atomic E-state index is 6.50. The summed E-state index contributed by atoms with van der Waals surface area (Å²) in [6.45, 7) is 1.03. The smallest absolute Gasteiger partial charge is 0.0488 e. The third kappa shape index (κ3) is 1.23. The molecule has 0 bridgehead atoms. The Morgan fingerprint density at radius 3 is 2.86 bits per heavy atom. The van der Waals surface area contributed by atoms with Crippen LogP contribution in [0, 0.1) is 0 Å². The summed E-state index contributed by atoms with van der Waals surface area (Å²) in [5.41, 5.74) is 2.67. The Morgan fingerprint density at radius 1 is 1.21 bits per heavy atom. The summed E-state index contributed by atoms with van der Waals surface area (Å²) in [6.07, 6.45) is 4.38. The molecule has 72 valence electrons. The van der Waals surface area contributed by atoms with E-state index < -0.39 is 0 Å². The van der Waals surface area contributed by atoms with Crippen LogP contribution in [-0.4, -0.2) is 9.77 Å². The molecule has 0 amide bonds. The van der Waals surface area contributed by atoms with Crippen LogP contribution in [0.2, 0.25) is 0 Å². The van der Waals surface area contributed by atoms with Crippen molar-refractivity contribution in [2.24, 2.45) is 5.90 Å². The highest BCUT2D eigenvalue weighted by Crippen LogP contribution is 2.23. The van der Waals surface area contributed by atoms with E-state index in [-0.39, 0.29) is 0 Å². The molecule has 0 fully saturated rings. The van der Waals surface area contributed by atoms with Crippen LogP contribution in [-0.2, 0) is 6.54 Å². The van der Waals surface area contributed by atoms with Crippen LogP contribution < -0.4 is 5.90 Å². The third-order valence-electron chi connectivity index (χ3n) is 2.42. The van der Waals surface area contributed by atoms with Gasteiger partial charge >= 0.3 is 0 Å². The maximum absolute atomic E-state index is 6.50. The lowest BCUT2D eigenvalue weighted by atomic mass is 10.2. The molecule has 0 saturated heterocycles. The predicted molar refractivity (Wildman–Crippen MR) is 56.9 cm³/mol. The van der Waals surface area contributed by atoms with Crippen molar-refractivity contribution in [3.05, 3.63) is 42.1 Å². The number of allylic oxidation sites excluding steroid dienone is 1. The first-order valence-corrected chi connectivity index (χ1v) is 4.46. The minimum absolute atomic E-state index is 1.03. The molecule has 2 heterocycles. The zero-order valence-corrected chi connectivity index (χ0v) is 7.72. The van der Waals surface area contributed by atoms with Gasteiger partial charge in [0.25, 0.3) is 0 Å². The summed E-state index contributed by atoms with van der Waals surface area (Å²) in [6, 6.07) is 10.7. The van der Waals surface area contributed by atoms with Crippen molar-refractivity contribution in [1.29, 1.82) is 0 Å². The molecule has 0 spiro atoms. The zero-order chi connectivity index (χ0) is 9.97. The summed E-state index contributed by atoms with van der Waals surface area (Å²) in [7, 11) is 0. The molecule has 3 nitrogen and oxygen atoms in total. The maximum Gasteiger partial charge on any atom is 0.0488 e. The number of aromatic nitrogens is 1. The molecule has 0 saturated carbocycles. The van der Waals surface area contributed by atoms with Gasteiger partial charge in [0.05, 0.1) is 0 Å². The van der Waals surface area contributed by atoms with E-state index in [1.807, 2.05) is 0 Å². The lowest BCUT2D eigenvalue weighted by Gasteiger charge is -1.98. The number of nitrogens with zero attached hydrogens (tertiary/aromatic N) is 1. The number of fused-ring (bicyclic) bond motifs is 3. The molecule has 3 heteroatoms. The molecule has 0 aliphatic carbocycles. The van der Waals surface area contributed by atoms with Crippen molar-refractivity contribution < 1.29 is 5.21 Å². The summed E-state index contributed by atoms with van der Waals surface area (Å²) in [4.78, 5) is 0. The van der Waals surface area contributed by atoms with Gasteiger partial charge < -0.3 is 9.77 Å². The van der Waals surface area contributed by atoms with E-state index in [0.717, 1.165) is 6.54 Å². The van der Waals surface area contributed by atoms with E-state index in [0.29, 0.717) is 0 Å². The van der Waals surface area contributed by atoms with Crippen LogP contribution >= 0.6 is 0 Å². The van der Waals surface area contributed by atoms with Crippen LogP contribution in [0.25, 0.3) is 17.0 Å². The van der Waals surface area contributed by atoms with Crippen molar-refractivity contribution in [3.8, 4) is 0 Å². The summed E-state index contributed by atoms with van der Waals surface area (Å²) in [5.74, 6) is 3.50. The van der Waals surface area contributed by atoms with Gasteiger partial charge in [0, 0.05) is 23.1 Å². The molecule has 0 unspecified atom stereocenters. The highest BCUT2D eigenvalue weighted by molar-refractivity contribution is 5.84. The second kappa shape index (κ2) is 3.65. The number of benzene rings is 1. The molecule has 3 N–H and O–H groups in total. The number of hydrogen-bond donors (Lipinski definition) is 2. The molecule has 1 aromatic heterocycles. The normalized spacial score (nSPS) is 12.4. The van der Waals surface area contributed by atoms with Gasteiger partial charge in [0.1, 0.15) is 0 Å². The van der Waals surface area contributed by atoms with Crippen molar-refractivity contribution in [2.45, 2.75) is 6.54 Å². The van der Waals surface area contributed by atoms with Crippen molar-refractivity contribution in [2.75, 3.05) is 0 Å². The minimum Gasteiger partial charge on any atom is -0.337 e. The second-order valence-electron chi connectivity index (χ2n) is 3.14. The van der Waals surface area contributed by atoms with Crippen LogP contribution in [0.3, 0.4) is 0 Å². The monoisotopic (exact) mass is 188 g/mol. The molecule has 1 aromatic carbocycles. The van der Waals surface area contributed by atoms with Crippen LogP contribution in [0.5, 0.6) is 0 Å². The summed E-state index contributed by atoms with van der Waals surface area (Å²) < 4.78 is 2.33. The first kappa shape index (κ1) is 8.99. The Hall–Kier alpha value is -1.58. The number of para-hydroxylation sites is 1. The lowest BCUT2D eigenvalue weighted by molar-refractivity contribution is 0.311. The van der Waals surface area contributed by atoms with E-state index in [4.69, 9.17) is 5.21 Å². The Balaban J connectivity index is 0.000000354.